The van der Waals surface area contributed by atoms with Gasteiger partial charge in [0.25, 0.3) is 7.82 Å². The Morgan fingerprint density at radius 3 is 1.14 bits per heavy atom. The second kappa shape index (κ2) is 59.4. The molecule has 0 spiro atoms. The molecule has 0 aromatic carbocycles. The van der Waals surface area contributed by atoms with Gasteiger partial charge in [0.2, 0.25) is 5.91 Å². The van der Waals surface area contributed by atoms with Crippen molar-refractivity contribution in [3.8, 4) is 0 Å². The van der Waals surface area contributed by atoms with Gasteiger partial charge in [0.05, 0.1) is 33.8 Å². The zero-order valence-corrected chi connectivity index (χ0v) is 54.2. The van der Waals surface area contributed by atoms with E-state index < -0.39 is 20.0 Å². The molecule has 0 rings (SSSR count). The number of allylic oxidation sites excluding steroid dienone is 5. The number of hydrogen-bond donors (Lipinski definition) is 1. The highest BCUT2D eigenvalue weighted by Gasteiger charge is 2.27. The van der Waals surface area contributed by atoms with E-state index in [0.717, 1.165) is 83.5 Å². The fraction of sp³-hybridized carbons (Fsp3) is 0.884. The van der Waals surface area contributed by atoms with Gasteiger partial charge in [-0.2, -0.15) is 0 Å². The van der Waals surface area contributed by atoms with E-state index in [1.807, 2.05) is 33.3 Å². The molecule has 0 aromatic heterocycles. The van der Waals surface area contributed by atoms with Crippen LogP contribution in [0.5, 0.6) is 0 Å². The van der Waals surface area contributed by atoms with Gasteiger partial charge in [-0.25, -0.2) is 0 Å². The van der Waals surface area contributed by atoms with Crippen LogP contribution in [0, 0.1) is 0 Å². The van der Waals surface area contributed by atoms with Gasteiger partial charge in [0.15, 0.2) is 0 Å². The number of hydrogen-bond acceptors (Lipinski definition) is 7. The van der Waals surface area contributed by atoms with Crippen molar-refractivity contribution >= 4 is 19.7 Å². The summed E-state index contributed by atoms with van der Waals surface area (Å²) < 4.78 is 30.4. The van der Waals surface area contributed by atoms with Crippen LogP contribution >= 0.6 is 7.82 Å². The van der Waals surface area contributed by atoms with Gasteiger partial charge in [-0.3, -0.25) is 14.2 Å². The molecule has 0 radical (unpaired) electrons. The minimum Gasteiger partial charge on any atom is -0.756 e. The van der Waals surface area contributed by atoms with Gasteiger partial charge >= 0.3 is 5.97 Å². The average molecular weight is 1130 g/mol. The Balaban J connectivity index is 5.07. The number of rotatable bonds is 63. The average Bonchev–Trinajstić information content (AvgIpc) is 3.41. The summed E-state index contributed by atoms with van der Waals surface area (Å²) >= 11 is 0. The molecule has 0 fully saturated rings. The highest BCUT2D eigenvalue weighted by atomic mass is 31.2. The lowest BCUT2D eigenvalue weighted by Gasteiger charge is -2.30. The Morgan fingerprint density at radius 2 is 0.759 bits per heavy atom. The van der Waals surface area contributed by atoms with Gasteiger partial charge in [0.1, 0.15) is 19.3 Å². The minimum atomic E-state index is -4.70. The maximum atomic E-state index is 13.5. The predicted molar refractivity (Wildman–Crippen MR) is 340 cm³/mol. The molecule has 9 nitrogen and oxygen atoms in total. The van der Waals surface area contributed by atoms with Crippen molar-refractivity contribution in [3.05, 3.63) is 36.5 Å². The maximum Gasteiger partial charge on any atom is 0.306 e. The van der Waals surface area contributed by atoms with E-state index in [0.29, 0.717) is 17.4 Å². The zero-order valence-electron chi connectivity index (χ0n) is 53.3. The number of phosphoric acid groups is 1. The van der Waals surface area contributed by atoms with Crippen LogP contribution in [-0.4, -0.2) is 69.4 Å². The smallest absolute Gasteiger partial charge is 0.306 e. The number of carbonyl (C=O) groups is 2. The largest absolute Gasteiger partial charge is 0.756 e. The van der Waals surface area contributed by atoms with E-state index >= 15 is 0 Å². The SMILES string of the molecule is CCCCC/C=C/C=C/CCCCCCCCC(=O)NC(COP(=O)([O-])OCC[N+](C)(C)C)C(/C=C\CCCCCCCCCCCCC)OC(=O)CCCCCCCCCCCCCCCCCCCCCCCCCCC. The number of ether oxygens (including phenoxy) is 1. The quantitative estimate of drug-likeness (QED) is 0.0161. The number of phosphoric ester groups is 1. The maximum absolute atomic E-state index is 13.5. The lowest BCUT2D eigenvalue weighted by molar-refractivity contribution is -0.870. The first-order chi connectivity index (χ1) is 38.4. The molecule has 0 bridgehead atoms. The Morgan fingerprint density at radius 1 is 0.443 bits per heavy atom. The number of likely N-dealkylation sites (N-methyl/N-ethyl adjacent to an activating group) is 1. The van der Waals surface area contributed by atoms with Crippen LogP contribution in [0.25, 0.3) is 0 Å². The van der Waals surface area contributed by atoms with Gasteiger partial charge < -0.3 is 28.5 Å². The highest BCUT2D eigenvalue weighted by Crippen LogP contribution is 2.38. The summed E-state index contributed by atoms with van der Waals surface area (Å²) in [6, 6.07) is -0.891. The van der Waals surface area contributed by atoms with Gasteiger partial charge in [-0.15, -0.1) is 0 Å². The second-order valence-corrected chi connectivity index (χ2v) is 26.1. The van der Waals surface area contributed by atoms with E-state index in [-0.39, 0.29) is 31.5 Å². The topological polar surface area (TPSA) is 114 Å². The first-order valence-electron chi connectivity index (χ1n) is 34.3. The molecular formula is C69H133N2O7P. The fourth-order valence-electron chi connectivity index (χ4n) is 10.3. The summed E-state index contributed by atoms with van der Waals surface area (Å²) in [5.41, 5.74) is 0. The molecule has 0 aromatic rings. The van der Waals surface area contributed by atoms with Crippen LogP contribution in [0.2, 0.25) is 0 Å². The number of nitrogens with zero attached hydrogens (tertiary/aromatic N) is 1. The number of nitrogens with one attached hydrogen (secondary N) is 1. The Hall–Kier alpha value is -1.77. The molecule has 0 saturated heterocycles. The van der Waals surface area contributed by atoms with Gasteiger partial charge in [-0.1, -0.05) is 308 Å². The van der Waals surface area contributed by atoms with Crippen molar-refractivity contribution in [1.82, 2.24) is 5.32 Å². The molecule has 3 atom stereocenters. The first-order valence-corrected chi connectivity index (χ1v) is 35.8. The van der Waals surface area contributed by atoms with E-state index in [9.17, 15) is 19.0 Å². The molecule has 3 unspecified atom stereocenters. The minimum absolute atomic E-state index is 0.0224. The van der Waals surface area contributed by atoms with Crippen molar-refractivity contribution in [2.75, 3.05) is 40.9 Å². The van der Waals surface area contributed by atoms with Crippen molar-refractivity contribution in [2.24, 2.45) is 0 Å². The molecule has 0 heterocycles. The molecule has 0 aliphatic carbocycles. The first kappa shape index (κ1) is 77.2. The van der Waals surface area contributed by atoms with Crippen LogP contribution in [0.1, 0.15) is 342 Å². The molecule has 466 valence electrons. The summed E-state index contributed by atoms with van der Waals surface area (Å²) in [5, 5.41) is 3.03. The fourth-order valence-corrected chi connectivity index (χ4v) is 11.0. The molecule has 0 aliphatic heterocycles. The van der Waals surface area contributed by atoms with Crippen LogP contribution in [-0.2, 0) is 27.9 Å². The number of amides is 1. The third-order valence-electron chi connectivity index (χ3n) is 15.6. The standard InChI is InChI=1S/C69H133N2O7P/c1-7-10-13-16-19-22-25-28-30-31-32-33-34-35-36-37-38-39-41-44-47-50-53-56-59-62-69(73)78-67(60-57-54-51-48-45-42-27-24-21-18-15-12-9-3)66(65-77-79(74,75)76-64-63-71(4,5)6)70-68(72)61-58-55-52-49-46-43-40-29-26-23-20-17-14-11-8-2/h20,23,26,29,57,60,66-67H,7-19,21-22,24-25,27-28,30-56,58-59,61-65H2,1-6H3,(H-,70,72,74,75)/b23-20+,29-26+,60-57-. The Labute approximate surface area is 491 Å². The lowest BCUT2D eigenvalue weighted by Crippen LogP contribution is -2.47. The Kier molecular flexibility index (Phi) is 58.1. The van der Waals surface area contributed by atoms with Crippen LogP contribution in [0.15, 0.2) is 36.5 Å². The lowest BCUT2D eigenvalue weighted by atomic mass is 10.0. The van der Waals surface area contributed by atoms with E-state index in [2.05, 4.69) is 50.4 Å². The van der Waals surface area contributed by atoms with Crippen molar-refractivity contribution < 1.29 is 37.3 Å². The zero-order chi connectivity index (χ0) is 57.9. The van der Waals surface area contributed by atoms with Crippen molar-refractivity contribution in [2.45, 2.75) is 354 Å². The van der Waals surface area contributed by atoms with Crippen molar-refractivity contribution in [1.29, 1.82) is 0 Å². The molecule has 79 heavy (non-hydrogen) atoms. The molecule has 0 saturated carbocycles. The van der Waals surface area contributed by atoms with Gasteiger partial charge in [-0.05, 0) is 57.4 Å². The van der Waals surface area contributed by atoms with Crippen LogP contribution in [0.3, 0.4) is 0 Å². The molecule has 1 N–H and O–H groups in total. The third kappa shape index (κ3) is 60.6. The van der Waals surface area contributed by atoms with Gasteiger partial charge in [0, 0.05) is 12.8 Å². The van der Waals surface area contributed by atoms with Crippen molar-refractivity contribution in [3.63, 3.8) is 0 Å². The molecule has 10 heteroatoms. The van der Waals surface area contributed by atoms with E-state index in [1.165, 1.54) is 225 Å². The van der Waals surface area contributed by atoms with E-state index in [4.69, 9.17) is 13.8 Å². The number of carbonyl (C=O) groups excluding carboxylic acids is 2. The third-order valence-corrected chi connectivity index (χ3v) is 16.6. The normalized spacial score (nSPS) is 13.8. The summed E-state index contributed by atoms with van der Waals surface area (Å²) in [4.78, 5) is 40.1. The number of unbranched alkanes of at least 4 members (excludes halogenated alkanes) is 44. The summed E-state index contributed by atoms with van der Waals surface area (Å²) in [5.74, 6) is -0.537. The van der Waals surface area contributed by atoms with Crippen LogP contribution in [0.4, 0.5) is 0 Å². The molecule has 1 amide bonds. The molecular weight excluding hydrogens is 1000 g/mol. The van der Waals surface area contributed by atoms with E-state index in [1.54, 1.807) is 0 Å². The summed E-state index contributed by atoms with van der Waals surface area (Å²) in [7, 11) is 1.19. The molecule has 0 aliphatic rings. The highest BCUT2D eigenvalue weighted by molar-refractivity contribution is 7.45. The van der Waals surface area contributed by atoms with Crippen LogP contribution < -0.4 is 10.2 Å². The summed E-state index contributed by atoms with van der Waals surface area (Å²) in [6.07, 6.45) is 72.7. The monoisotopic (exact) mass is 1130 g/mol. The summed E-state index contributed by atoms with van der Waals surface area (Å²) in [6.45, 7) is 6.86. The Bertz CT molecular complexity index is 1450. The number of esters is 1. The number of quaternary nitrogens is 1. The second-order valence-electron chi connectivity index (χ2n) is 24.7. The predicted octanol–water partition coefficient (Wildman–Crippen LogP) is 20.8.